The van der Waals surface area contributed by atoms with Gasteiger partial charge in [-0.25, -0.2) is 0 Å². The van der Waals surface area contributed by atoms with E-state index >= 15 is 0 Å². The third-order valence-corrected chi connectivity index (χ3v) is 5.15. The second-order valence-corrected chi connectivity index (χ2v) is 7.44. The number of nitrogens with zero attached hydrogens (tertiary/aromatic N) is 2. The second-order valence-electron chi connectivity index (χ2n) is 7.44. The molecule has 1 aliphatic carbocycles. The van der Waals surface area contributed by atoms with E-state index < -0.39 is 0 Å². The fourth-order valence-corrected chi connectivity index (χ4v) is 3.71. The summed E-state index contributed by atoms with van der Waals surface area (Å²) in [4.78, 5) is 4.90. The zero-order valence-corrected chi connectivity index (χ0v) is 14.6. The maximum Gasteiger partial charge on any atom is 0.0194 e. The van der Waals surface area contributed by atoms with E-state index in [0.717, 1.165) is 24.9 Å². The summed E-state index contributed by atoms with van der Waals surface area (Å²) >= 11 is 0. The van der Waals surface area contributed by atoms with E-state index in [1.54, 1.807) is 0 Å². The highest BCUT2D eigenvalue weighted by atomic mass is 15.2. The maximum atomic E-state index is 6.41. The molecular formula is C17H37N3. The highest BCUT2D eigenvalue weighted by molar-refractivity contribution is 4.86. The van der Waals surface area contributed by atoms with Crippen molar-refractivity contribution in [3.63, 3.8) is 0 Å². The van der Waals surface area contributed by atoms with Crippen LogP contribution in [0.3, 0.4) is 0 Å². The van der Waals surface area contributed by atoms with Crippen LogP contribution in [0.1, 0.15) is 47.0 Å². The van der Waals surface area contributed by atoms with Crippen molar-refractivity contribution >= 4 is 0 Å². The van der Waals surface area contributed by atoms with Gasteiger partial charge in [0.25, 0.3) is 0 Å². The van der Waals surface area contributed by atoms with Crippen molar-refractivity contribution in [2.75, 3.05) is 33.7 Å². The van der Waals surface area contributed by atoms with E-state index in [1.807, 2.05) is 0 Å². The smallest absolute Gasteiger partial charge is 0.0194 e. The van der Waals surface area contributed by atoms with Gasteiger partial charge in [0.2, 0.25) is 0 Å². The molecule has 4 atom stereocenters. The third-order valence-electron chi connectivity index (χ3n) is 5.15. The molecule has 0 aromatic rings. The van der Waals surface area contributed by atoms with Crippen LogP contribution in [0.4, 0.5) is 0 Å². The zero-order valence-electron chi connectivity index (χ0n) is 14.6. The van der Waals surface area contributed by atoms with Gasteiger partial charge >= 0.3 is 0 Å². The largest absolute Gasteiger partial charge is 0.327 e. The Morgan fingerprint density at radius 2 is 1.80 bits per heavy atom. The molecule has 0 amide bonds. The standard InChI is InChI=1S/C17H37N3/c1-7-20(14(4)11-19(5)6)12-16-10-15(13(2)3)8-9-17(16)18/h13-17H,7-12,18H2,1-6H3. The summed E-state index contributed by atoms with van der Waals surface area (Å²) in [5, 5.41) is 0. The van der Waals surface area contributed by atoms with E-state index in [0.29, 0.717) is 18.0 Å². The average Bonchev–Trinajstić information content (AvgIpc) is 2.36. The lowest BCUT2D eigenvalue weighted by molar-refractivity contribution is 0.107. The number of hydrogen-bond donors (Lipinski definition) is 1. The van der Waals surface area contributed by atoms with E-state index in [9.17, 15) is 0 Å². The zero-order chi connectivity index (χ0) is 15.3. The van der Waals surface area contributed by atoms with Crippen LogP contribution in [0.25, 0.3) is 0 Å². The van der Waals surface area contributed by atoms with E-state index in [4.69, 9.17) is 5.73 Å². The third kappa shape index (κ3) is 5.34. The first-order valence-corrected chi connectivity index (χ1v) is 8.49. The lowest BCUT2D eigenvalue weighted by atomic mass is 9.73. The first-order valence-electron chi connectivity index (χ1n) is 8.49. The van der Waals surface area contributed by atoms with Gasteiger partial charge in [-0.1, -0.05) is 20.8 Å². The Morgan fingerprint density at radius 1 is 1.15 bits per heavy atom. The molecule has 2 N–H and O–H groups in total. The molecule has 0 heterocycles. The molecule has 0 spiro atoms. The number of rotatable bonds is 7. The molecule has 0 aromatic heterocycles. The number of likely N-dealkylation sites (N-methyl/N-ethyl adjacent to an activating group) is 2. The Morgan fingerprint density at radius 3 is 2.30 bits per heavy atom. The van der Waals surface area contributed by atoms with Gasteiger partial charge in [0.15, 0.2) is 0 Å². The molecule has 3 nitrogen and oxygen atoms in total. The van der Waals surface area contributed by atoms with E-state index in [1.165, 1.54) is 25.8 Å². The number of hydrogen-bond acceptors (Lipinski definition) is 3. The van der Waals surface area contributed by atoms with Crippen LogP contribution in [0.15, 0.2) is 0 Å². The molecule has 1 rings (SSSR count). The fourth-order valence-electron chi connectivity index (χ4n) is 3.71. The van der Waals surface area contributed by atoms with Crippen molar-refractivity contribution in [2.24, 2.45) is 23.5 Å². The fraction of sp³-hybridized carbons (Fsp3) is 1.00. The Hall–Kier alpha value is -0.120. The van der Waals surface area contributed by atoms with Gasteiger partial charge < -0.3 is 10.6 Å². The minimum absolute atomic E-state index is 0.408. The molecule has 1 saturated carbocycles. The van der Waals surface area contributed by atoms with Gasteiger partial charge in [-0.15, -0.1) is 0 Å². The van der Waals surface area contributed by atoms with Crippen molar-refractivity contribution in [1.82, 2.24) is 9.80 Å². The summed E-state index contributed by atoms with van der Waals surface area (Å²) in [5.41, 5.74) is 6.41. The van der Waals surface area contributed by atoms with Crippen molar-refractivity contribution in [1.29, 1.82) is 0 Å². The van der Waals surface area contributed by atoms with Crippen LogP contribution in [-0.2, 0) is 0 Å². The monoisotopic (exact) mass is 283 g/mol. The SMILES string of the molecule is CCN(CC1CC(C(C)C)CCC1N)C(C)CN(C)C. The van der Waals surface area contributed by atoms with Crippen LogP contribution in [0.2, 0.25) is 0 Å². The second kappa shape index (κ2) is 8.35. The first-order chi connectivity index (χ1) is 9.35. The molecule has 120 valence electrons. The van der Waals surface area contributed by atoms with Gasteiger partial charge in [-0.05, 0) is 64.6 Å². The molecular weight excluding hydrogens is 246 g/mol. The predicted octanol–water partition coefficient (Wildman–Crippen LogP) is 2.66. The lowest BCUT2D eigenvalue weighted by Gasteiger charge is -2.40. The van der Waals surface area contributed by atoms with Crippen LogP contribution in [0.5, 0.6) is 0 Å². The highest BCUT2D eigenvalue weighted by Gasteiger charge is 2.31. The van der Waals surface area contributed by atoms with E-state index in [2.05, 4.69) is 51.6 Å². The topological polar surface area (TPSA) is 32.5 Å². The molecule has 0 aromatic carbocycles. The van der Waals surface area contributed by atoms with Crippen LogP contribution < -0.4 is 5.73 Å². The summed E-state index contributed by atoms with van der Waals surface area (Å²) in [6.07, 6.45) is 3.87. The first kappa shape index (κ1) is 17.9. The lowest BCUT2D eigenvalue weighted by Crippen LogP contribution is -2.48. The van der Waals surface area contributed by atoms with Gasteiger partial charge in [0.1, 0.15) is 0 Å². The van der Waals surface area contributed by atoms with Gasteiger partial charge in [0.05, 0.1) is 0 Å². The summed E-state index contributed by atoms with van der Waals surface area (Å²) in [5.74, 6) is 2.36. The predicted molar refractivity (Wildman–Crippen MR) is 88.9 cm³/mol. The Balaban J connectivity index is 2.57. The average molecular weight is 284 g/mol. The molecule has 20 heavy (non-hydrogen) atoms. The Bertz CT molecular complexity index is 265. The van der Waals surface area contributed by atoms with Crippen molar-refractivity contribution in [3.8, 4) is 0 Å². The molecule has 0 saturated heterocycles. The van der Waals surface area contributed by atoms with Crippen LogP contribution in [0, 0.1) is 17.8 Å². The highest BCUT2D eigenvalue weighted by Crippen LogP contribution is 2.33. The summed E-state index contributed by atoms with van der Waals surface area (Å²) in [6, 6.07) is 1.02. The molecule has 0 radical (unpaired) electrons. The molecule has 1 fully saturated rings. The van der Waals surface area contributed by atoms with Crippen molar-refractivity contribution in [3.05, 3.63) is 0 Å². The van der Waals surface area contributed by atoms with Crippen molar-refractivity contribution in [2.45, 2.75) is 59.0 Å². The molecule has 3 heteroatoms. The molecule has 1 aliphatic rings. The minimum atomic E-state index is 0.408. The van der Waals surface area contributed by atoms with Crippen molar-refractivity contribution < 1.29 is 0 Å². The Labute approximate surface area is 126 Å². The normalized spacial score (nSPS) is 29.4. The summed E-state index contributed by atoms with van der Waals surface area (Å²) in [6.45, 7) is 12.8. The van der Waals surface area contributed by atoms with Gasteiger partial charge in [0, 0.05) is 25.2 Å². The van der Waals surface area contributed by atoms with Gasteiger partial charge in [-0.3, -0.25) is 4.90 Å². The van der Waals surface area contributed by atoms with E-state index in [-0.39, 0.29) is 0 Å². The molecule has 0 aliphatic heterocycles. The molecule has 4 unspecified atom stereocenters. The van der Waals surface area contributed by atoms with Crippen LogP contribution in [-0.4, -0.2) is 55.6 Å². The maximum absolute atomic E-state index is 6.41. The quantitative estimate of drug-likeness (QED) is 0.779. The van der Waals surface area contributed by atoms with Gasteiger partial charge in [-0.2, -0.15) is 0 Å². The minimum Gasteiger partial charge on any atom is -0.327 e. The summed E-state index contributed by atoms with van der Waals surface area (Å²) in [7, 11) is 4.32. The summed E-state index contributed by atoms with van der Waals surface area (Å²) < 4.78 is 0. The molecule has 0 bridgehead atoms. The van der Waals surface area contributed by atoms with Crippen LogP contribution >= 0.6 is 0 Å². The Kier molecular flexibility index (Phi) is 7.49. The number of nitrogens with two attached hydrogens (primary N) is 1.